The van der Waals surface area contributed by atoms with Crippen molar-refractivity contribution in [2.45, 2.75) is 172 Å². The highest BCUT2D eigenvalue weighted by Gasteiger charge is 2.52. The van der Waals surface area contributed by atoms with Crippen LogP contribution in [0, 0.1) is 29.6 Å². The van der Waals surface area contributed by atoms with E-state index in [1.807, 2.05) is 0 Å². The Morgan fingerprint density at radius 1 is 0.600 bits per heavy atom. The molecular formula is C33H58N2. The maximum atomic E-state index is 3.33. The Morgan fingerprint density at radius 2 is 1.29 bits per heavy atom. The van der Waals surface area contributed by atoms with E-state index in [9.17, 15) is 0 Å². The first-order chi connectivity index (χ1) is 17.3. The fourth-order valence-corrected chi connectivity index (χ4v) is 11.3. The first-order valence-corrected chi connectivity index (χ1v) is 16.8. The lowest BCUT2D eigenvalue weighted by molar-refractivity contribution is -0.0477. The summed E-state index contributed by atoms with van der Waals surface area (Å²) in [6.07, 6.45) is 30.4. The number of hydrogen-bond donors (Lipinski definition) is 0. The lowest BCUT2D eigenvalue weighted by Crippen LogP contribution is -2.58. The lowest BCUT2D eigenvalue weighted by Gasteiger charge is -2.54. The molecule has 8 atom stereocenters. The van der Waals surface area contributed by atoms with Crippen LogP contribution in [0.1, 0.15) is 142 Å². The van der Waals surface area contributed by atoms with Crippen LogP contribution in [0.3, 0.4) is 0 Å². The van der Waals surface area contributed by atoms with Gasteiger partial charge in [-0.1, -0.05) is 71.6 Å². The third-order valence-corrected chi connectivity index (χ3v) is 12.7. The topological polar surface area (TPSA) is 6.48 Å². The molecule has 6 aliphatic rings. The van der Waals surface area contributed by atoms with Crippen molar-refractivity contribution >= 4 is 0 Å². The Kier molecular flexibility index (Phi) is 8.17. The van der Waals surface area contributed by atoms with E-state index in [1.54, 1.807) is 32.1 Å². The number of hydrogen-bond acceptors (Lipinski definition) is 2. The molecule has 1 saturated heterocycles. The molecule has 0 bridgehead atoms. The van der Waals surface area contributed by atoms with E-state index in [0.717, 1.165) is 59.8 Å². The molecule has 0 spiro atoms. The molecule has 2 nitrogen and oxygen atoms in total. The number of fused-ring (bicyclic) bond motifs is 4. The van der Waals surface area contributed by atoms with E-state index < -0.39 is 0 Å². The molecule has 0 aromatic heterocycles. The Bertz CT molecular complexity index is 652. The fourth-order valence-electron chi connectivity index (χ4n) is 11.3. The molecule has 35 heavy (non-hydrogen) atoms. The molecule has 5 saturated carbocycles. The largest absolute Gasteiger partial charge is 0.297 e. The second-order valence-corrected chi connectivity index (χ2v) is 14.2. The number of rotatable bonds is 6. The Morgan fingerprint density at radius 3 is 2.09 bits per heavy atom. The van der Waals surface area contributed by atoms with Gasteiger partial charge in [0.1, 0.15) is 0 Å². The zero-order chi connectivity index (χ0) is 23.8. The molecule has 0 aromatic carbocycles. The van der Waals surface area contributed by atoms with Gasteiger partial charge in [-0.05, 0) is 107 Å². The molecule has 200 valence electrons. The molecule has 8 unspecified atom stereocenters. The van der Waals surface area contributed by atoms with Gasteiger partial charge in [0.25, 0.3) is 0 Å². The van der Waals surface area contributed by atoms with E-state index in [1.165, 1.54) is 103 Å². The smallest absolute Gasteiger partial charge is 0.0145 e. The highest BCUT2D eigenvalue weighted by Crippen LogP contribution is 2.52. The van der Waals surface area contributed by atoms with Gasteiger partial charge in [-0.2, -0.15) is 0 Å². The van der Waals surface area contributed by atoms with Crippen molar-refractivity contribution in [1.29, 1.82) is 0 Å². The van der Waals surface area contributed by atoms with Crippen molar-refractivity contribution in [3.8, 4) is 0 Å². The zero-order valence-electron chi connectivity index (χ0n) is 23.5. The van der Waals surface area contributed by atoms with Crippen LogP contribution in [0.4, 0.5) is 0 Å². The van der Waals surface area contributed by atoms with Crippen LogP contribution in [0.25, 0.3) is 0 Å². The number of nitrogens with zero attached hydrogens (tertiary/aromatic N) is 2. The standard InChI is InChI=1S/C33H58N2/c1-3-10-24-17-19-26(20-18-24)35(32-16-9-12-25-11-5-6-13-28(25)32)27-21-22-30-29-14-7-8-15-31(29)34(4-2)33(30)23-27/h24-33H,3-23H2,1-2H3. The predicted molar refractivity (Wildman–Crippen MR) is 149 cm³/mol. The fraction of sp³-hybridized carbons (Fsp3) is 1.00. The highest BCUT2D eigenvalue weighted by molar-refractivity contribution is 5.06. The molecule has 6 rings (SSSR count). The van der Waals surface area contributed by atoms with Crippen molar-refractivity contribution in [2.24, 2.45) is 29.6 Å². The molecule has 0 aromatic rings. The first kappa shape index (κ1) is 25.2. The minimum absolute atomic E-state index is 0.892. The lowest BCUT2D eigenvalue weighted by atomic mass is 9.66. The van der Waals surface area contributed by atoms with Crippen LogP contribution >= 0.6 is 0 Å². The van der Waals surface area contributed by atoms with Crippen molar-refractivity contribution < 1.29 is 0 Å². The summed E-state index contributed by atoms with van der Waals surface area (Å²) in [5, 5.41) is 0. The van der Waals surface area contributed by atoms with Crippen molar-refractivity contribution in [1.82, 2.24) is 9.80 Å². The van der Waals surface area contributed by atoms with Gasteiger partial charge in [0.05, 0.1) is 0 Å². The molecule has 5 aliphatic carbocycles. The molecule has 0 radical (unpaired) electrons. The van der Waals surface area contributed by atoms with E-state index in [2.05, 4.69) is 23.6 Å². The summed E-state index contributed by atoms with van der Waals surface area (Å²) < 4.78 is 0. The molecule has 6 fully saturated rings. The second kappa shape index (κ2) is 11.3. The summed E-state index contributed by atoms with van der Waals surface area (Å²) in [5.74, 6) is 5.23. The molecule has 1 aliphatic heterocycles. The Balaban J connectivity index is 1.24. The van der Waals surface area contributed by atoms with Crippen LogP contribution in [-0.2, 0) is 0 Å². The second-order valence-electron chi connectivity index (χ2n) is 14.2. The predicted octanol–water partition coefficient (Wildman–Crippen LogP) is 8.44. The maximum Gasteiger partial charge on any atom is 0.0145 e. The monoisotopic (exact) mass is 482 g/mol. The SMILES string of the molecule is CCCC1CCC(N(C2CCC3C4CCCCC4N(CC)C3C2)C2CCCC3CCCCC32)CC1. The van der Waals surface area contributed by atoms with Crippen LogP contribution in [0.5, 0.6) is 0 Å². The summed E-state index contributed by atoms with van der Waals surface area (Å²) in [4.78, 5) is 6.39. The Hall–Kier alpha value is -0.0800. The third-order valence-electron chi connectivity index (χ3n) is 12.7. The molecule has 2 heteroatoms. The van der Waals surface area contributed by atoms with Gasteiger partial charge in [-0.25, -0.2) is 0 Å². The van der Waals surface area contributed by atoms with Gasteiger partial charge in [0, 0.05) is 30.2 Å². The highest BCUT2D eigenvalue weighted by atomic mass is 15.3. The summed E-state index contributed by atoms with van der Waals surface area (Å²) in [5.41, 5.74) is 0. The summed E-state index contributed by atoms with van der Waals surface area (Å²) >= 11 is 0. The Labute approximate surface area is 218 Å². The van der Waals surface area contributed by atoms with Gasteiger partial charge in [0.15, 0.2) is 0 Å². The zero-order valence-corrected chi connectivity index (χ0v) is 23.5. The maximum absolute atomic E-state index is 3.33. The van der Waals surface area contributed by atoms with Crippen LogP contribution < -0.4 is 0 Å². The van der Waals surface area contributed by atoms with Crippen LogP contribution in [-0.4, -0.2) is 46.6 Å². The number of likely N-dealkylation sites (tertiary alicyclic amines) is 1. The van der Waals surface area contributed by atoms with Crippen molar-refractivity contribution in [2.75, 3.05) is 6.54 Å². The summed E-state index contributed by atoms with van der Waals surface area (Å²) in [6, 6.07) is 4.59. The summed E-state index contributed by atoms with van der Waals surface area (Å²) in [7, 11) is 0. The van der Waals surface area contributed by atoms with Gasteiger partial charge >= 0.3 is 0 Å². The van der Waals surface area contributed by atoms with Crippen LogP contribution in [0.2, 0.25) is 0 Å². The van der Waals surface area contributed by atoms with E-state index in [4.69, 9.17) is 0 Å². The molecule has 0 amide bonds. The average molecular weight is 483 g/mol. The minimum Gasteiger partial charge on any atom is -0.297 e. The van der Waals surface area contributed by atoms with Crippen molar-refractivity contribution in [3.05, 3.63) is 0 Å². The molecular weight excluding hydrogens is 424 g/mol. The third kappa shape index (κ3) is 4.91. The van der Waals surface area contributed by atoms with Crippen LogP contribution in [0.15, 0.2) is 0 Å². The van der Waals surface area contributed by atoms with Gasteiger partial charge < -0.3 is 0 Å². The van der Waals surface area contributed by atoms with E-state index in [0.29, 0.717) is 0 Å². The normalized spacial score (nSPS) is 46.7. The first-order valence-electron chi connectivity index (χ1n) is 16.8. The van der Waals surface area contributed by atoms with E-state index in [-0.39, 0.29) is 0 Å². The van der Waals surface area contributed by atoms with Gasteiger partial charge in [0.2, 0.25) is 0 Å². The summed E-state index contributed by atoms with van der Waals surface area (Å²) in [6.45, 7) is 6.20. The van der Waals surface area contributed by atoms with E-state index >= 15 is 0 Å². The minimum atomic E-state index is 0.892. The van der Waals surface area contributed by atoms with Gasteiger partial charge in [-0.15, -0.1) is 0 Å². The van der Waals surface area contributed by atoms with Crippen molar-refractivity contribution in [3.63, 3.8) is 0 Å². The molecule has 1 heterocycles. The van der Waals surface area contributed by atoms with Gasteiger partial charge in [-0.3, -0.25) is 9.80 Å². The average Bonchev–Trinajstić information content (AvgIpc) is 3.23. The quantitative estimate of drug-likeness (QED) is 0.375. The molecule has 0 N–H and O–H groups in total.